The molecule has 1 aromatic carbocycles. The summed E-state index contributed by atoms with van der Waals surface area (Å²) in [5.74, 6) is -0.589. The Morgan fingerprint density at radius 2 is 2.19 bits per heavy atom. The van der Waals surface area contributed by atoms with E-state index in [1.54, 1.807) is 23.1 Å². The maximum Gasteiger partial charge on any atom is 0.336 e. The zero-order chi connectivity index (χ0) is 15.4. The highest BCUT2D eigenvalue weighted by Gasteiger charge is 2.29. The van der Waals surface area contributed by atoms with Crippen molar-refractivity contribution in [2.75, 3.05) is 26.8 Å². The Bertz CT molecular complexity index is 550. The number of hydrogen-bond acceptors (Lipinski definition) is 4. The third-order valence-corrected chi connectivity index (χ3v) is 3.83. The maximum atomic E-state index is 12.3. The lowest BCUT2D eigenvalue weighted by Crippen LogP contribution is -2.49. The van der Waals surface area contributed by atoms with Gasteiger partial charge in [-0.15, -0.1) is 0 Å². The zero-order valence-corrected chi connectivity index (χ0v) is 13.0. The van der Waals surface area contributed by atoms with E-state index in [2.05, 4.69) is 4.74 Å². The fourth-order valence-electron chi connectivity index (χ4n) is 2.09. The Hall–Kier alpha value is -1.30. The maximum absolute atomic E-state index is 12.3. The monoisotopic (exact) mass is 331 g/mol. The Morgan fingerprint density at radius 3 is 2.86 bits per heavy atom. The predicted octanol–water partition coefficient (Wildman–Crippen LogP) is 1.94. The van der Waals surface area contributed by atoms with E-state index in [-0.39, 0.29) is 18.9 Å². The first-order valence-corrected chi connectivity index (χ1v) is 7.18. The summed E-state index contributed by atoms with van der Waals surface area (Å²) in [6, 6.07) is 5.01. The van der Waals surface area contributed by atoms with Gasteiger partial charge in [0.05, 0.1) is 26.7 Å². The van der Waals surface area contributed by atoms with Gasteiger partial charge in [0.1, 0.15) is 0 Å². The lowest BCUT2D eigenvalue weighted by atomic mass is 10.1. The molecule has 1 aliphatic rings. The normalized spacial score (nSPS) is 18.4. The number of halogens is 2. The molecular formula is C14H15Cl2NO4. The molecule has 0 N–H and O–H groups in total. The Labute approximate surface area is 132 Å². The molecule has 1 heterocycles. The van der Waals surface area contributed by atoms with E-state index in [0.717, 1.165) is 0 Å². The first kappa shape index (κ1) is 16.1. The molecule has 0 radical (unpaired) electrons. The number of methoxy groups -OCH3 is 1. The third-order valence-electron chi connectivity index (χ3n) is 3.24. The molecule has 1 unspecified atom stereocenters. The Balaban J connectivity index is 2.01. The van der Waals surface area contributed by atoms with Crippen LogP contribution in [0.4, 0.5) is 0 Å². The zero-order valence-electron chi connectivity index (χ0n) is 11.5. The van der Waals surface area contributed by atoms with Gasteiger partial charge in [-0.2, -0.15) is 0 Å². The van der Waals surface area contributed by atoms with Crippen LogP contribution in [-0.2, 0) is 25.5 Å². The number of morpholine rings is 1. The summed E-state index contributed by atoms with van der Waals surface area (Å²) in [4.78, 5) is 25.3. The molecule has 0 aromatic heterocycles. The SMILES string of the molecule is COC(=O)C1CN(C(=O)Cc2ccc(Cl)cc2Cl)CCO1. The van der Waals surface area contributed by atoms with Crippen molar-refractivity contribution in [1.29, 1.82) is 0 Å². The van der Waals surface area contributed by atoms with Crippen molar-refractivity contribution in [3.63, 3.8) is 0 Å². The van der Waals surface area contributed by atoms with Gasteiger partial charge in [0, 0.05) is 16.6 Å². The van der Waals surface area contributed by atoms with Gasteiger partial charge in [0.25, 0.3) is 0 Å². The highest BCUT2D eigenvalue weighted by molar-refractivity contribution is 6.35. The van der Waals surface area contributed by atoms with Gasteiger partial charge in [-0.05, 0) is 17.7 Å². The van der Waals surface area contributed by atoms with Crippen LogP contribution < -0.4 is 0 Å². The lowest BCUT2D eigenvalue weighted by Gasteiger charge is -2.31. The number of carbonyl (C=O) groups excluding carboxylic acids is 2. The van der Waals surface area contributed by atoms with E-state index in [0.29, 0.717) is 28.8 Å². The first-order valence-electron chi connectivity index (χ1n) is 6.42. The van der Waals surface area contributed by atoms with Gasteiger partial charge >= 0.3 is 5.97 Å². The molecule has 1 aliphatic heterocycles. The standard InChI is InChI=1S/C14H15Cl2NO4/c1-20-14(19)12-8-17(4-5-21-12)13(18)6-9-2-3-10(15)7-11(9)16/h2-3,7,12H,4-6,8H2,1H3. The molecule has 1 aromatic rings. The molecule has 1 fully saturated rings. The fraction of sp³-hybridized carbons (Fsp3) is 0.429. The molecule has 2 rings (SSSR count). The van der Waals surface area contributed by atoms with Crippen LogP contribution in [0.3, 0.4) is 0 Å². The van der Waals surface area contributed by atoms with E-state index < -0.39 is 12.1 Å². The second kappa shape index (κ2) is 7.11. The van der Waals surface area contributed by atoms with Gasteiger partial charge in [-0.25, -0.2) is 4.79 Å². The molecule has 0 bridgehead atoms. The predicted molar refractivity (Wildman–Crippen MR) is 78.5 cm³/mol. The summed E-state index contributed by atoms with van der Waals surface area (Å²) in [5, 5.41) is 0.974. The van der Waals surface area contributed by atoms with Crippen LogP contribution in [0.25, 0.3) is 0 Å². The van der Waals surface area contributed by atoms with Crippen LogP contribution in [0.1, 0.15) is 5.56 Å². The van der Waals surface area contributed by atoms with Gasteiger partial charge in [0.2, 0.25) is 5.91 Å². The fourth-order valence-corrected chi connectivity index (χ4v) is 2.56. The summed E-state index contributed by atoms with van der Waals surface area (Å²) in [5.41, 5.74) is 0.701. The smallest absolute Gasteiger partial charge is 0.336 e. The minimum Gasteiger partial charge on any atom is -0.467 e. The molecule has 21 heavy (non-hydrogen) atoms. The minimum absolute atomic E-state index is 0.114. The van der Waals surface area contributed by atoms with Crippen molar-refractivity contribution >= 4 is 35.1 Å². The molecule has 1 saturated heterocycles. The highest BCUT2D eigenvalue weighted by atomic mass is 35.5. The third kappa shape index (κ3) is 4.09. The summed E-state index contributed by atoms with van der Waals surface area (Å²) in [6.45, 7) is 0.939. The summed E-state index contributed by atoms with van der Waals surface area (Å²) in [7, 11) is 1.29. The topological polar surface area (TPSA) is 55.8 Å². The number of esters is 1. The van der Waals surface area contributed by atoms with Crippen LogP contribution in [0.2, 0.25) is 10.0 Å². The van der Waals surface area contributed by atoms with Crippen molar-refractivity contribution in [3.05, 3.63) is 33.8 Å². The van der Waals surface area contributed by atoms with Gasteiger partial charge in [-0.1, -0.05) is 29.3 Å². The largest absolute Gasteiger partial charge is 0.467 e. The van der Waals surface area contributed by atoms with Gasteiger partial charge in [-0.3, -0.25) is 4.79 Å². The van der Waals surface area contributed by atoms with Crippen LogP contribution in [-0.4, -0.2) is 49.7 Å². The number of hydrogen-bond donors (Lipinski definition) is 0. The Morgan fingerprint density at radius 1 is 1.43 bits per heavy atom. The molecule has 0 saturated carbocycles. The van der Waals surface area contributed by atoms with Gasteiger partial charge < -0.3 is 14.4 Å². The number of rotatable bonds is 3. The molecule has 1 amide bonds. The van der Waals surface area contributed by atoms with Crippen molar-refractivity contribution < 1.29 is 19.1 Å². The quantitative estimate of drug-likeness (QED) is 0.794. The number of ether oxygens (including phenoxy) is 2. The van der Waals surface area contributed by atoms with Crippen LogP contribution in [0.5, 0.6) is 0 Å². The molecule has 1 atom stereocenters. The first-order chi connectivity index (χ1) is 10.0. The van der Waals surface area contributed by atoms with E-state index in [1.807, 2.05) is 0 Å². The average Bonchev–Trinajstić information content (AvgIpc) is 2.49. The van der Waals surface area contributed by atoms with E-state index in [1.165, 1.54) is 7.11 Å². The molecular weight excluding hydrogens is 317 g/mol. The molecule has 0 aliphatic carbocycles. The van der Waals surface area contributed by atoms with E-state index in [9.17, 15) is 9.59 Å². The second-order valence-corrected chi connectivity index (χ2v) is 5.48. The molecule has 5 nitrogen and oxygen atoms in total. The van der Waals surface area contributed by atoms with E-state index in [4.69, 9.17) is 27.9 Å². The van der Waals surface area contributed by atoms with Crippen LogP contribution in [0, 0.1) is 0 Å². The van der Waals surface area contributed by atoms with E-state index >= 15 is 0 Å². The van der Waals surface area contributed by atoms with Crippen molar-refractivity contribution in [1.82, 2.24) is 4.90 Å². The minimum atomic E-state index is -0.728. The van der Waals surface area contributed by atoms with Crippen molar-refractivity contribution in [2.24, 2.45) is 0 Å². The Kier molecular flexibility index (Phi) is 5.45. The van der Waals surface area contributed by atoms with Gasteiger partial charge in [0.15, 0.2) is 6.10 Å². The highest BCUT2D eigenvalue weighted by Crippen LogP contribution is 2.22. The number of nitrogens with zero attached hydrogens (tertiary/aromatic N) is 1. The van der Waals surface area contributed by atoms with Crippen molar-refractivity contribution in [3.8, 4) is 0 Å². The molecule has 7 heteroatoms. The van der Waals surface area contributed by atoms with Crippen molar-refractivity contribution in [2.45, 2.75) is 12.5 Å². The summed E-state index contributed by atoms with van der Waals surface area (Å²) < 4.78 is 9.92. The lowest BCUT2D eigenvalue weighted by molar-refractivity contribution is -0.162. The molecule has 0 spiro atoms. The van der Waals surface area contributed by atoms with Crippen LogP contribution in [0.15, 0.2) is 18.2 Å². The second-order valence-electron chi connectivity index (χ2n) is 4.63. The van der Waals surface area contributed by atoms with Crippen LogP contribution >= 0.6 is 23.2 Å². The number of benzene rings is 1. The summed E-state index contributed by atoms with van der Waals surface area (Å²) in [6.07, 6.45) is -0.572. The number of amides is 1. The molecule has 114 valence electrons. The number of carbonyl (C=O) groups is 2. The summed E-state index contributed by atoms with van der Waals surface area (Å²) >= 11 is 11.9. The average molecular weight is 332 g/mol.